The number of hydrogen-bond donors (Lipinski definition) is 2. The summed E-state index contributed by atoms with van der Waals surface area (Å²) in [6.45, 7) is 5.41. The van der Waals surface area contributed by atoms with Crippen LogP contribution in [0.5, 0.6) is 0 Å². The van der Waals surface area contributed by atoms with E-state index in [9.17, 15) is 4.79 Å². The number of likely N-dealkylation sites (N-methyl/N-ethyl adjacent to an activating group) is 2. The Bertz CT molecular complexity index is 436. The van der Waals surface area contributed by atoms with E-state index in [-0.39, 0.29) is 12.5 Å². The average Bonchev–Trinajstić information content (AvgIpc) is 2.46. The zero-order valence-electron chi connectivity index (χ0n) is 12.9. The van der Waals surface area contributed by atoms with Crippen molar-refractivity contribution in [2.75, 3.05) is 37.4 Å². The van der Waals surface area contributed by atoms with Gasteiger partial charge in [0.2, 0.25) is 5.91 Å². The second-order valence-corrected chi connectivity index (χ2v) is 4.73. The maximum atomic E-state index is 11.5. The van der Waals surface area contributed by atoms with E-state index in [0.29, 0.717) is 0 Å². The molecule has 1 heterocycles. The third-order valence-corrected chi connectivity index (χ3v) is 2.99. The Hall–Kier alpha value is -1.85. The van der Waals surface area contributed by atoms with Gasteiger partial charge in [0.1, 0.15) is 18.0 Å². The number of carbonyl (C=O) groups is 1. The smallest absolute Gasteiger partial charge is 0.239 e. The molecule has 6 nitrogen and oxygen atoms in total. The lowest BCUT2D eigenvalue weighted by atomic mass is 10.1. The Morgan fingerprint density at radius 3 is 2.65 bits per heavy atom. The topological polar surface area (TPSA) is 70.2 Å². The monoisotopic (exact) mass is 279 g/mol. The summed E-state index contributed by atoms with van der Waals surface area (Å²) in [5.41, 5.74) is 1.08. The van der Waals surface area contributed by atoms with E-state index in [0.717, 1.165) is 43.0 Å². The summed E-state index contributed by atoms with van der Waals surface area (Å²) in [6.07, 6.45) is 4.49. The van der Waals surface area contributed by atoms with Gasteiger partial charge in [-0.1, -0.05) is 20.3 Å². The number of aromatic nitrogens is 2. The van der Waals surface area contributed by atoms with Crippen LogP contribution in [0.25, 0.3) is 0 Å². The van der Waals surface area contributed by atoms with Gasteiger partial charge < -0.3 is 15.5 Å². The molecule has 20 heavy (non-hydrogen) atoms. The fourth-order valence-corrected chi connectivity index (χ4v) is 1.98. The molecule has 0 fully saturated rings. The molecule has 0 aromatic carbocycles. The van der Waals surface area contributed by atoms with E-state index >= 15 is 0 Å². The van der Waals surface area contributed by atoms with E-state index in [1.807, 2.05) is 11.9 Å². The average molecular weight is 279 g/mol. The minimum atomic E-state index is -0.0309. The Balaban J connectivity index is 3.00. The molecule has 1 rings (SSSR count). The molecule has 0 atom stereocenters. The van der Waals surface area contributed by atoms with Crippen LogP contribution in [0.1, 0.15) is 32.3 Å². The molecule has 0 radical (unpaired) electrons. The van der Waals surface area contributed by atoms with Gasteiger partial charge in [0.25, 0.3) is 0 Å². The van der Waals surface area contributed by atoms with Gasteiger partial charge in [-0.05, 0) is 12.8 Å². The lowest BCUT2D eigenvalue weighted by Crippen LogP contribution is -2.34. The number of nitrogens with one attached hydrogen (secondary N) is 2. The molecule has 2 N–H and O–H groups in total. The van der Waals surface area contributed by atoms with Crippen molar-refractivity contribution < 1.29 is 4.79 Å². The highest BCUT2D eigenvalue weighted by Crippen LogP contribution is 2.24. The van der Waals surface area contributed by atoms with Gasteiger partial charge in [-0.15, -0.1) is 0 Å². The summed E-state index contributed by atoms with van der Waals surface area (Å²) in [6, 6.07) is 0. The van der Waals surface area contributed by atoms with Gasteiger partial charge in [-0.2, -0.15) is 0 Å². The molecule has 0 saturated carbocycles. The molecule has 1 aromatic rings. The van der Waals surface area contributed by atoms with Gasteiger partial charge in [-0.3, -0.25) is 4.79 Å². The van der Waals surface area contributed by atoms with Crippen molar-refractivity contribution in [1.82, 2.24) is 15.3 Å². The van der Waals surface area contributed by atoms with Crippen LogP contribution in [-0.4, -0.2) is 43.1 Å². The van der Waals surface area contributed by atoms with E-state index in [4.69, 9.17) is 0 Å². The first-order valence-electron chi connectivity index (χ1n) is 7.13. The summed E-state index contributed by atoms with van der Waals surface area (Å²) < 4.78 is 0. The second-order valence-electron chi connectivity index (χ2n) is 4.73. The number of nitrogens with zero attached hydrogens (tertiary/aromatic N) is 3. The third kappa shape index (κ3) is 4.36. The number of anilines is 2. The maximum absolute atomic E-state index is 11.5. The lowest BCUT2D eigenvalue weighted by Gasteiger charge is -2.22. The van der Waals surface area contributed by atoms with Crippen molar-refractivity contribution in [2.45, 2.75) is 33.1 Å². The van der Waals surface area contributed by atoms with Crippen molar-refractivity contribution in [1.29, 1.82) is 0 Å². The van der Waals surface area contributed by atoms with E-state index in [1.54, 1.807) is 13.4 Å². The molecular weight excluding hydrogens is 254 g/mol. The molecule has 0 bridgehead atoms. The van der Waals surface area contributed by atoms with Gasteiger partial charge in [-0.25, -0.2) is 9.97 Å². The van der Waals surface area contributed by atoms with Crippen molar-refractivity contribution in [2.24, 2.45) is 0 Å². The van der Waals surface area contributed by atoms with E-state index < -0.39 is 0 Å². The van der Waals surface area contributed by atoms with Crippen LogP contribution in [0.2, 0.25) is 0 Å². The first-order valence-corrected chi connectivity index (χ1v) is 7.13. The number of rotatable bonds is 8. The number of amides is 1. The highest BCUT2D eigenvalue weighted by Gasteiger charge is 2.15. The molecule has 1 aromatic heterocycles. The molecule has 0 aliphatic rings. The Kier molecular flexibility index (Phi) is 6.76. The zero-order chi connectivity index (χ0) is 15.0. The van der Waals surface area contributed by atoms with Crippen molar-refractivity contribution in [3.63, 3.8) is 0 Å². The molecular formula is C14H25N5O. The third-order valence-electron chi connectivity index (χ3n) is 2.99. The Labute approximate surface area is 121 Å². The highest BCUT2D eigenvalue weighted by atomic mass is 16.1. The minimum Gasteiger partial charge on any atom is -0.370 e. The van der Waals surface area contributed by atoms with Gasteiger partial charge in [0, 0.05) is 26.2 Å². The van der Waals surface area contributed by atoms with Crippen LogP contribution in [0.4, 0.5) is 11.6 Å². The van der Waals surface area contributed by atoms with Crippen LogP contribution >= 0.6 is 0 Å². The lowest BCUT2D eigenvalue weighted by molar-refractivity contribution is -0.119. The summed E-state index contributed by atoms with van der Waals surface area (Å²) in [4.78, 5) is 22.0. The first kappa shape index (κ1) is 16.2. The summed E-state index contributed by atoms with van der Waals surface area (Å²) in [5, 5.41) is 5.96. The standard InChI is InChI=1S/C14H25N5O/c1-5-7-11-13(16-8-6-2)17-10-18-14(11)19(4)9-12(20)15-3/h10H,5-9H2,1-4H3,(H,15,20)(H,16,17,18). The normalized spacial score (nSPS) is 10.2. The van der Waals surface area contributed by atoms with Gasteiger partial charge in [0.05, 0.1) is 6.54 Å². The van der Waals surface area contributed by atoms with Gasteiger partial charge in [0.15, 0.2) is 0 Å². The molecule has 112 valence electrons. The zero-order valence-corrected chi connectivity index (χ0v) is 12.9. The summed E-state index contributed by atoms with van der Waals surface area (Å²) >= 11 is 0. The molecule has 0 spiro atoms. The van der Waals surface area contributed by atoms with Gasteiger partial charge >= 0.3 is 0 Å². The molecule has 0 aliphatic carbocycles. The Morgan fingerprint density at radius 2 is 2.05 bits per heavy atom. The Morgan fingerprint density at radius 1 is 1.30 bits per heavy atom. The fourth-order valence-electron chi connectivity index (χ4n) is 1.98. The SMILES string of the molecule is CCCNc1ncnc(N(C)CC(=O)NC)c1CCC. The molecule has 6 heteroatoms. The molecule has 0 saturated heterocycles. The number of hydrogen-bond acceptors (Lipinski definition) is 5. The van der Waals surface area contributed by atoms with E-state index in [2.05, 4.69) is 34.4 Å². The fraction of sp³-hybridized carbons (Fsp3) is 0.643. The van der Waals surface area contributed by atoms with Crippen LogP contribution < -0.4 is 15.5 Å². The predicted molar refractivity (Wildman–Crippen MR) is 82.1 cm³/mol. The molecule has 1 amide bonds. The van der Waals surface area contributed by atoms with E-state index in [1.165, 1.54) is 0 Å². The molecule has 0 aliphatic heterocycles. The van der Waals surface area contributed by atoms with Crippen molar-refractivity contribution in [3.8, 4) is 0 Å². The summed E-state index contributed by atoms with van der Waals surface area (Å²) in [7, 11) is 3.51. The largest absolute Gasteiger partial charge is 0.370 e. The highest BCUT2D eigenvalue weighted by molar-refractivity contribution is 5.81. The van der Waals surface area contributed by atoms with Crippen molar-refractivity contribution in [3.05, 3.63) is 11.9 Å². The van der Waals surface area contributed by atoms with Crippen molar-refractivity contribution >= 4 is 17.5 Å². The minimum absolute atomic E-state index is 0.0309. The second kappa shape index (κ2) is 8.35. The van der Waals surface area contributed by atoms with Crippen LogP contribution in [0.15, 0.2) is 6.33 Å². The van der Waals surface area contributed by atoms with Crippen LogP contribution in [-0.2, 0) is 11.2 Å². The molecule has 0 unspecified atom stereocenters. The quantitative estimate of drug-likeness (QED) is 0.753. The van der Waals surface area contributed by atoms with Crippen LogP contribution in [0, 0.1) is 0 Å². The first-order chi connectivity index (χ1) is 9.63. The maximum Gasteiger partial charge on any atom is 0.239 e. The predicted octanol–water partition coefficient (Wildman–Crippen LogP) is 1.43. The van der Waals surface area contributed by atoms with Crippen LogP contribution in [0.3, 0.4) is 0 Å². The number of carbonyl (C=O) groups excluding carboxylic acids is 1. The summed E-state index contributed by atoms with van der Waals surface area (Å²) in [5.74, 6) is 1.67.